The first-order chi connectivity index (χ1) is 8.24. The van der Waals surface area contributed by atoms with Crippen LogP contribution >= 0.6 is 15.9 Å². The van der Waals surface area contributed by atoms with Gasteiger partial charge in [-0.2, -0.15) is 0 Å². The van der Waals surface area contributed by atoms with Crippen molar-refractivity contribution < 1.29 is 8.42 Å². The second-order valence-corrected chi connectivity index (χ2v) is 7.79. The summed E-state index contributed by atoms with van der Waals surface area (Å²) in [7, 11) is -3.42. The molecule has 0 spiro atoms. The highest BCUT2D eigenvalue weighted by molar-refractivity contribution is 9.09. The Bertz CT molecular complexity index is 512. The van der Waals surface area contributed by atoms with Crippen LogP contribution in [0.3, 0.4) is 0 Å². The van der Waals surface area contributed by atoms with Crippen LogP contribution in [0.15, 0.2) is 23.1 Å². The minimum atomic E-state index is -3.42. The summed E-state index contributed by atoms with van der Waals surface area (Å²) in [5.74, 6) is 0.381. The fourth-order valence-corrected chi connectivity index (χ4v) is 3.26. The topological polar surface area (TPSA) is 46.2 Å². The van der Waals surface area contributed by atoms with E-state index in [2.05, 4.69) is 20.7 Å². The maximum Gasteiger partial charge on any atom is 0.240 e. The molecular weight excluding hydrogens is 314 g/mol. The molecule has 0 heterocycles. The second-order valence-electron chi connectivity index (χ2n) is 4.88. The molecule has 1 aromatic rings. The van der Waals surface area contributed by atoms with Gasteiger partial charge in [0.1, 0.15) is 0 Å². The minimum Gasteiger partial charge on any atom is -0.210 e. The Hall–Kier alpha value is -0.390. The van der Waals surface area contributed by atoms with Gasteiger partial charge in [0.2, 0.25) is 10.0 Å². The summed E-state index contributed by atoms with van der Waals surface area (Å²) in [6.07, 6.45) is 0. The molecule has 0 radical (unpaired) electrons. The average molecular weight is 334 g/mol. The van der Waals surface area contributed by atoms with Gasteiger partial charge in [0, 0.05) is 11.4 Å². The Balaban J connectivity index is 2.90. The number of benzene rings is 1. The molecule has 1 atom stereocenters. The fraction of sp³-hybridized carbons (Fsp3) is 0.538. The predicted molar refractivity (Wildman–Crippen MR) is 78.7 cm³/mol. The van der Waals surface area contributed by atoms with Crippen molar-refractivity contribution in [3.63, 3.8) is 0 Å². The van der Waals surface area contributed by atoms with E-state index in [9.17, 15) is 8.42 Å². The van der Waals surface area contributed by atoms with Gasteiger partial charge in [-0.05, 0) is 37.0 Å². The number of halogens is 1. The van der Waals surface area contributed by atoms with E-state index in [1.807, 2.05) is 39.8 Å². The summed E-state index contributed by atoms with van der Waals surface area (Å²) in [6.45, 7) is 8.19. The molecule has 0 bridgehead atoms. The summed E-state index contributed by atoms with van der Waals surface area (Å²) in [6, 6.07) is 5.45. The molecule has 3 nitrogen and oxygen atoms in total. The van der Waals surface area contributed by atoms with Gasteiger partial charge in [0.05, 0.1) is 4.90 Å². The zero-order valence-electron chi connectivity index (χ0n) is 11.2. The molecule has 0 aliphatic rings. The quantitative estimate of drug-likeness (QED) is 0.842. The summed E-state index contributed by atoms with van der Waals surface area (Å²) in [5.41, 5.74) is 1.71. The van der Waals surface area contributed by atoms with Crippen molar-refractivity contribution in [1.29, 1.82) is 0 Å². The van der Waals surface area contributed by atoms with Gasteiger partial charge < -0.3 is 0 Å². The Morgan fingerprint density at radius 2 is 1.89 bits per heavy atom. The zero-order chi connectivity index (χ0) is 13.9. The van der Waals surface area contributed by atoms with Crippen LogP contribution in [-0.2, 0) is 10.0 Å². The molecule has 0 saturated carbocycles. The summed E-state index contributed by atoms with van der Waals surface area (Å²) < 4.78 is 27.1. The van der Waals surface area contributed by atoms with Crippen LogP contribution in [0.5, 0.6) is 0 Å². The molecule has 18 heavy (non-hydrogen) atoms. The largest absolute Gasteiger partial charge is 0.240 e. The van der Waals surface area contributed by atoms with Crippen molar-refractivity contribution in [3.05, 3.63) is 29.3 Å². The molecule has 1 rings (SSSR count). The van der Waals surface area contributed by atoms with E-state index in [4.69, 9.17) is 0 Å². The Labute approximate surface area is 118 Å². The lowest BCUT2D eigenvalue weighted by molar-refractivity contribution is 0.562. The number of sulfonamides is 1. The van der Waals surface area contributed by atoms with Crippen LogP contribution in [0.25, 0.3) is 0 Å². The lowest BCUT2D eigenvalue weighted by atomic mass is 10.1. The van der Waals surface area contributed by atoms with Crippen LogP contribution < -0.4 is 4.72 Å². The minimum absolute atomic E-state index is 0.136. The molecule has 0 fully saturated rings. The number of hydrogen-bond acceptors (Lipinski definition) is 2. The lowest BCUT2D eigenvalue weighted by Gasteiger charge is -2.15. The Morgan fingerprint density at radius 1 is 1.28 bits per heavy atom. The maximum atomic E-state index is 12.2. The number of aryl methyl sites for hydroxylation is 2. The maximum absolute atomic E-state index is 12.2. The van der Waals surface area contributed by atoms with E-state index in [0.29, 0.717) is 17.4 Å². The Kier molecular flexibility index (Phi) is 5.37. The SMILES string of the molecule is Cc1ccc(C)c(S(=O)(=O)NCC(Br)C(C)C)c1. The molecule has 0 aliphatic carbocycles. The third kappa shape index (κ3) is 4.07. The molecule has 102 valence electrons. The first-order valence-corrected chi connectivity index (χ1v) is 8.35. The smallest absolute Gasteiger partial charge is 0.210 e. The van der Waals surface area contributed by atoms with Crippen LogP contribution in [-0.4, -0.2) is 19.8 Å². The van der Waals surface area contributed by atoms with Crippen LogP contribution in [0, 0.1) is 19.8 Å². The summed E-state index contributed by atoms with van der Waals surface area (Å²) in [5, 5.41) is 0. The van der Waals surface area contributed by atoms with E-state index in [1.54, 1.807) is 6.07 Å². The molecular formula is C13H20BrNO2S. The van der Waals surface area contributed by atoms with Gasteiger partial charge in [-0.25, -0.2) is 13.1 Å². The fourth-order valence-electron chi connectivity index (χ4n) is 1.50. The third-order valence-corrected chi connectivity index (χ3v) is 5.77. The second kappa shape index (κ2) is 6.17. The number of alkyl halides is 1. The molecule has 1 unspecified atom stereocenters. The standard InChI is InChI=1S/C13H20BrNO2S/c1-9(2)12(14)8-15-18(16,17)13-7-10(3)5-6-11(13)4/h5-7,9,12,15H,8H2,1-4H3. The molecule has 0 amide bonds. The van der Waals surface area contributed by atoms with Gasteiger partial charge in [0.15, 0.2) is 0 Å². The van der Waals surface area contributed by atoms with E-state index in [0.717, 1.165) is 11.1 Å². The lowest BCUT2D eigenvalue weighted by Crippen LogP contribution is -2.32. The predicted octanol–water partition coefficient (Wildman–Crippen LogP) is 3.00. The van der Waals surface area contributed by atoms with Gasteiger partial charge in [-0.15, -0.1) is 0 Å². The monoisotopic (exact) mass is 333 g/mol. The Morgan fingerprint density at radius 3 is 2.44 bits per heavy atom. The van der Waals surface area contributed by atoms with Crippen molar-refractivity contribution in [1.82, 2.24) is 4.72 Å². The summed E-state index contributed by atoms with van der Waals surface area (Å²) >= 11 is 3.47. The van der Waals surface area contributed by atoms with E-state index >= 15 is 0 Å². The normalized spacial score (nSPS) is 13.9. The number of hydrogen-bond donors (Lipinski definition) is 1. The highest BCUT2D eigenvalue weighted by Gasteiger charge is 2.19. The van der Waals surface area contributed by atoms with Crippen LogP contribution in [0.2, 0.25) is 0 Å². The third-order valence-electron chi connectivity index (χ3n) is 2.82. The molecule has 1 aromatic carbocycles. The molecule has 5 heteroatoms. The first kappa shape index (κ1) is 15.7. The molecule has 0 aliphatic heterocycles. The van der Waals surface area contributed by atoms with Crippen molar-refractivity contribution in [3.8, 4) is 0 Å². The van der Waals surface area contributed by atoms with Gasteiger partial charge >= 0.3 is 0 Å². The summed E-state index contributed by atoms with van der Waals surface area (Å²) in [4.78, 5) is 0.503. The molecule has 1 N–H and O–H groups in total. The van der Waals surface area contributed by atoms with E-state index in [-0.39, 0.29) is 4.83 Å². The van der Waals surface area contributed by atoms with Crippen molar-refractivity contribution >= 4 is 26.0 Å². The van der Waals surface area contributed by atoms with Crippen molar-refractivity contribution in [2.45, 2.75) is 37.4 Å². The van der Waals surface area contributed by atoms with Gasteiger partial charge in [-0.3, -0.25) is 0 Å². The number of rotatable bonds is 5. The zero-order valence-corrected chi connectivity index (χ0v) is 13.6. The van der Waals surface area contributed by atoms with Crippen LogP contribution in [0.1, 0.15) is 25.0 Å². The van der Waals surface area contributed by atoms with Gasteiger partial charge in [-0.1, -0.05) is 41.9 Å². The molecule has 0 aromatic heterocycles. The van der Waals surface area contributed by atoms with Crippen molar-refractivity contribution in [2.75, 3.05) is 6.54 Å². The van der Waals surface area contributed by atoms with Crippen LogP contribution in [0.4, 0.5) is 0 Å². The highest BCUT2D eigenvalue weighted by atomic mass is 79.9. The van der Waals surface area contributed by atoms with Gasteiger partial charge in [0.25, 0.3) is 0 Å². The molecule has 0 saturated heterocycles. The van der Waals surface area contributed by atoms with Crippen molar-refractivity contribution in [2.24, 2.45) is 5.92 Å². The van der Waals surface area contributed by atoms with E-state index in [1.165, 1.54) is 0 Å². The highest BCUT2D eigenvalue weighted by Crippen LogP contribution is 2.17. The number of nitrogens with one attached hydrogen (secondary N) is 1. The van der Waals surface area contributed by atoms with E-state index < -0.39 is 10.0 Å². The first-order valence-electron chi connectivity index (χ1n) is 5.95. The average Bonchev–Trinajstić information content (AvgIpc) is 2.29.